The second-order valence-electron chi connectivity index (χ2n) is 7.01. The van der Waals surface area contributed by atoms with E-state index < -0.39 is 0 Å². The molecular formula is C24H16Cl2N2O3. The summed E-state index contributed by atoms with van der Waals surface area (Å²) in [5, 5.41) is 4.51. The van der Waals surface area contributed by atoms with Crippen LogP contribution >= 0.6 is 23.2 Å². The van der Waals surface area contributed by atoms with Crippen LogP contribution in [0.1, 0.15) is 10.4 Å². The lowest BCUT2D eigenvalue weighted by Gasteiger charge is -2.19. The summed E-state index contributed by atoms with van der Waals surface area (Å²) in [5.74, 6) is 1.05. The zero-order valence-corrected chi connectivity index (χ0v) is 17.7. The van der Waals surface area contributed by atoms with E-state index in [1.807, 2.05) is 24.3 Å². The summed E-state index contributed by atoms with van der Waals surface area (Å²) in [5.41, 5.74) is 3.07. The summed E-state index contributed by atoms with van der Waals surface area (Å²) in [6.45, 7) is 1.01. The van der Waals surface area contributed by atoms with Crippen molar-refractivity contribution in [3.8, 4) is 22.8 Å². The topological polar surface area (TPSA) is 60.5 Å². The molecule has 0 saturated carbocycles. The van der Waals surface area contributed by atoms with Crippen LogP contribution in [0.3, 0.4) is 0 Å². The number of amides is 1. The maximum absolute atomic E-state index is 13.2. The Labute approximate surface area is 188 Å². The van der Waals surface area contributed by atoms with E-state index in [2.05, 4.69) is 5.32 Å². The quantitative estimate of drug-likeness (QED) is 0.401. The maximum Gasteiger partial charge on any atom is 0.256 e. The Balaban J connectivity index is 1.62. The number of hydrogen-bond acceptors (Lipinski definition) is 4. The van der Waals surface area contributed by atoms with Gasteiger partial charge in [0.25, 0.3) is 5.91 Å². The molecule has 5 nitrogen and oxygen atoms in total. The van der Waals surface area contributed by atoms with Gasteiger partial charge in [-0.25, -0.2) is 4.98 Å². The van der Waals surface area contributed by atoms with Crippen LogP contribution in [0, 0.1) is 0 Å². The minimum Gasteiger partial charge on any atom is -0.486 e. The number of carbonyl (C=O) groups is 1. The minimum absolute atomic E-state index is 0.304. The highest BCUT2D eigenvalue weighted by Gasteiger charge is 2.18. The number of nitrogens with one attached hydrogen (secondary N) is 1. The van der Waals surface area contributed by atoms with Crippen molar-refractivity contribution in [2.45, 2.75) is 0 Å². The number of rotatable bonds is 3. The molecule has 2 heterocycles. The SMILES string of the molecule is O=C(Nc1ccccc1Cl)c1cc(-c2ccc3c(c2)OCCO3)nc2ccc(Cl)cc12. The first kappa shape index (κ1) is 19.7. The predicted octanol–water partition coefficient (Wildman–Crippen LogP) is 6.23. The average Bonchev–Trinajstić information content (AvgIpc) is 2.79. The lowest BCUT2D eigenvalue weighted by atomic mass is 10.0. The molecule has 1 amide bonds. The molecule has 0 saturated heterocycles. The number of aromatic nitrogens is 1. The van der Waals surface area contributed by atoms with Crippen LogP contribution in [0.5, 0.6) is 11.5 Å². The first-order valence-electron chi connectivity index (χ1n) is 9.65. The van der Waals surface area contributed by atoms with Crippen LogP contribution in [0.25, 0.3) is 22.2 Å². The van der Waals surface area contributed by atoms with Gasteiger partial charge in [-0.05, 0) is 54.6 Å². The fourth-order valence-electron chi connectivity index (χ4n) is 3.49. The van der Waals surface area contributed by atoms with Crippen molar-refractivity contribution in [2.24, 2.45) is 0 Å². The zero-order chi connectivity index (χ0) is 21.4. The van der Waals surface area contributed by atoms with Gasteiger partial charge >= 0.3 is 0 Å². The number of carbonyl (C=O) groups excluding carboxylic acids is 1. The zero-order valence-electron chi connectivity index (χ0n) is 16.2. The third kappa shape index (κ3) is 3.90. The van der Waals surface area contributed by atoms with Crippen LogP contribution < -0.4 is 14.8 Å². The second kappa shape index (κ2) is 8.10. The van der Waals surface area contributed by atoms with Crippen molar-refractivity contribution in [1.82, 2.24) is 4.98 Å². The smallest absolute Gasteiger partial charge is 0.256 e. The molecule has 4 aromatic rings. The highest BCUT2D eigenvalue weighted by atomic mass is 35.5. The summed E-state index contributed by atoms with van der Waals surface area (Å²) in [4.78, 5) is 18.0. The number of para-hydroxylation sites is 1. The van der Waals surface area contributed by atoms with Gasteiger partial charge < -0.3 is 14.8 Å². The fraction of sp³-hybridized carbons (Fsp3) is 0.0833. The number of pyridine rings is 1. The first-order chi connectivity index (χ1) is 15.1. The third-order valence-corrected chi connectivity index (χ3v) is 5.54. The summed E-state index contributed by atoms with van der Waals surface area (Å²) in [7, 11) is 0. The molecule has 5 rings (SSSR count). The number of anilines is 1. The lowest BCUT2D eigenvalue weighted by Crippen LogP contribution is -2.15. The van der Waals surface area contributed by atoms with E-state index in [9.17, 15) is 4.79 Å². The van der Waals surface area contributed by atoms with Gasteiger partial charge in [0.05, 0.1) is 27.5 Å². The Morgan fingerprint density at radius 1 is 0.903 bits per heavy atom. The van der Waals surface area contributed by atoms with E-state index >= 15 is 0 Å². The molecule has 0 spiro atoms. The summed E-state index contributed by atoms with van der Waals surface area (Å²) >= 11 is 12.4. The molecular weight excluding hydrogens is 435 g/mol. The monoisotopic (exact) mass is 450 g/mol. The first-order valence-corrected chi connectivity index (χ1v) is 10.4. The van der Waals surface area contributed by atoms with Crippen molar-refractivity contribution < 1.29 is 14.3 Å². The van der Waals surface area contributed by atoms with Crippen LogP contribution in [0.2, 0.25) is 10.0 Å². The van der Waals surface area contributed by atoms with Crippen molar-refractivity contribution in [2.75, 3.05) is 18.5 Å². The Bertz CT molecular complexity index is 1320. The number of benzene rings is 3. The predicted molar refractivity (Wildman–Crippen MR) is 123 cm³/mol. The van der Waals surface area contributed by atoms with Gasteiger partial charge in [0.1, 0.15) is 13.2 Å². The molecule has 0 aliphatic carbocycles. The van der Waals surface area contributed by atoms with Crippen LogP contribution in [0.15, 0.2) is 66.7 Å². The van der Waals surface area contributed by atoms with Crippen molar-refractivity contribution >= 4 is 45.7 Å². The lowest BCUT2D eigenvalue weighted by molar-refractivity contribution is 0.102. The number of fused-ring (bicyclic) bond motifs is 2. The fourth-order valence-corrected chi connectivity index (χ4v) is 3.84. The molecule has 0 atom stereocenters. The molecule has 0 unspecified atom stereocenters. The van der Waals surface area contributed by atoms with Crippen LogP contribution in [0.4, 0.5) is 5.69 Å². The molecule has 154 valence electrons. The molecule has 3 aromatic carbocycles. The third-order valence-electron chi connectivity index (χ3n) is 4.98. The summed E-state index contributed by atoms with van der Waals surface area (Å²) < 4.78 is 11.3. The normalized spacial score (nSPS) is 12.6. The van der Waals surface area contributed by atoms with Gasteiger partial charge in [-0.2, -0.15) is 0 Å². The number of nitrogens with zero attached hydrogens (tertiary/aromatic N) is 1. The Hall–Kier alpha value is -3.28. The molecule has 0 fully saturated rings. The van der Waals surface area contributed by atoms with Gasteiger partial charge in [0, 0.05) is 16.0 Å². The molecule has 0 radical (unpaired) electrons. The highest BCUT2D eigenvalue weighted by Crippen LogP contribution is 2.35. The van der Waals surface area contributed by atoms with E-state index in [-0.39, 0.29) is 5.91 Å². The molecule has 1 N–H and O–H groups in total. The standard InChI is InChI=1S/C24H16Cl2N2O3/c25-15-6-7-19-16(12-15)17(24(29)28-20-4-2-1-3-18(20)26)13-21(27-19)14-5-8-22-23(11-14)31-10-9-30-22/h1-8,11-13H,9-10H2,(H,28,29). The molecule has 1 aliphatic rings. The van der Waals surface area contributed by atoms with E-state index in [1.165, 1.54) is 0 Å². The highest BCUT2D eigenvalue weighted by molar-refractivity contribution is 6.34. The largest absolute Gasteiger partial charge is 0.486 e. The number of hydrogen-bond donors (Lipinski definition) is 1. The van der Waals surface area contributed by atoms with Gasteiger partial charge in [-0.3, -0.25) is 4.79 Å². The van der Waals surface area contributed by atoms with E-state index in [1.54, 1.807) is 42.5 Å². The van der Waals surface area contributed by atoms with Crippen LogP contribution in [-0.4, -0.2) is 24.1 Å². The molecule has 0 bridgehead atoms. The number of halogens is 2. The molecule has 1 aliphatic heterocycles. The Morgan fingerprint density at radius 2 is 1.71 bits per heavy atom. The molecule has 7 heteroatoms. The Kier molecular flexibility index (Phi) is 5.14. The Morgan fingerprint density at radius 3 is 2.55 bits per heavy atom. The van der Waals surface area contributed by atoms with E-state index in [0.29, 0.717) is 62.6 Å². The number of ether oxygens (including phenoxy) is 2. The molecule has 1 aromatic heterocycles. The van der Waals surface area contributed by atoms with Crippen molar-refractivity contribution in [3.05, 3.63) is 82.3 Å². The molecule has 31 heavy (non-hydrogen) atoms. The van der Waals surface area contributed by atoms with Crippen molar-refractivity contribution in [3.63, 3.8) is 0 Å². The van der Waals surface area contributed by atoms with E-state index in [4.69, 9.17) is 37.7 Å². The van der Waals surface area contributed by atoms with Crippen LogP contribution in [-0.2, 0) is 0 Å². The maximum atomic E-state index is 13.2. The average molecular weight is 451 g/mol. The summed E-state index contributed by atoms with van der Waals surface area (Å²) in [6.07, 6.45) is 0. The summed E-state index contributed by atoms with van der Waals surface area (Å²) in [6, 6.07) is 19.7. The van der Waals surface area contributed by atoms with Crippen molar-refractivity contribution in [1.29, 1.82) is 0 Å². The van der Waals surface area contributed by atoms with Gasteiger partial charge in [-0.1, -0.05) is 35.3 Å². The van der Waals surface area contributed by atoms with Gasteiger partial charge in [-0.15, -0.1) is 0 Å². The second-order valence-corrected chi connectivity index (χ2v) is 7.85. The minimum atomic E-state index is -0.304. The van der Waals surface area contributed by atoms with Gasteiger partial charge in [0.2, 0.25) is 0 Å². The van der Waals surface area contributed by atoms with E-state index in [0.717, 1.165) is 5.56 Å². The van der Waals surface area contributed by atoms with Gasteiger partial charge in [0.15, 0.2) is 11.5 Å².